The minimum Gasteiger partial charge on any atom is -0.380 e. The van der Waals surface area contributed by atoms with E-state index < -0.39 is 0 Å². The summed E-state index contributed by atoms with van der Waals surface area (Å²) >= 11 is 0. The summed E-state index contributed by atoms with van der Waals surface area (Å²) in [7, 11) is 4.22. The molecule has 0 unspecified atom stereocenters. The number of benzene rings is 1. The number of allylic oxidation sites excluding steroid dienone is 5. The molecule has 0 aromatic heterocycles. The Balaban J connectivity index is 2.55. The molecule has 0 radical (unpaired) electrons. The molecule has 0 fully saturated rings. The lowest BCUT2D eigenvalue weighted by molar-refractivity contribution is 0.504. The Morgan fingerprint density at radius 1 is 1.06 bits per heavy atom. The van der Waals surface area contributed by atoms with Crippen LogP contribution in [-0.2, 0) is 0 Å². The molecule has 0 saturated carbocycles. The predicted octanol–water partition coefficient (Wildman–Crippen LogP) is 3.87. The topological polar surface area (TPSA) is 3.24 Å². The molecule has 0 atom stereocenters. The standard InChI is InChI=1S/C16H19N/c1-13-8-7-11-16(17(2)3)15(12-13)14-9-5-4-6-10-14/h4-10,12H,11H2,1-3H3. The molecule has 2 rings (SSSR count). The van der Waals surface area contributed by atoms with Crippen molar-refractivity contribution in [2.45, 2.75) is 13.3 Å². The maximum atomic E-state index is 2.27. The first-order chi connectivity index (χ1) is 8.18. The lowest BCUT2D eigenvalue weighted by Gasteiger charge is -2.19. The summed E-state index contributed by atoms with van der Waals surface area (Å²) in [5, 5.41) is 0. The van der Waals surface area contributed by atoms with E-state index in [2.05, 4.69) is 74.5 Å². The normalized spacial score (nSPS) is 15.6. The summed E-state index contributed by atoms with van der Waals surface area (Å²) in [6.07, 6.45) is 7.69. The summed E-state index contributed by atoms with van der Waals surface area (Å²) in [6, 6.07) is 10.6. The fourth-order valence-electron chi connectivity index (χ4n) is 2.12. The SMILES string of the molecule is CC1=CC(c2ccccc2)=C(N(C)C)CC=C1. The van der Waals surface area contributed by atoms with Gasteiger partial charge in [0, 0.05) is 31.8 Å². The average molecular weight is 225 g/mol. The van der Waals surface area contributed by atoms with E-state index in [1.165, 1.54) is 22.4 Å². The van der Waals surface area contributed by atoms with Crippen molar-refractivity contribution in [2.24, 2.45) is 0 Å². The number of hydrogen-bond donors (Lipinski definition) is 0. The first-order valence-corrected chi connectivity index (χ1v) is 5.99. The summed E-state index contributed by atoms with van der Waals surface area (Å²) in [4.78, 5) is 2.21. The molecular formula is C16H19N. The number of rotatable bonds is 2. The van der Waals surface area contributed by atoms with Crippen molar-refractivity contribution in [2.75, 3.05) is 14.1 Å². The van der Waals surface area contributed by atoms with Crippen LogP contribution in [0, 0.1) is 0 Å². The molecule has 0 bridgehead atoms. The number of nitrogens with zero attached hydrogens (tertiary/aromatic N) is 1. The second-order valence-corrected chi connectivity index (χ2v) is 4.62. The van der Waals surface area contributed by atoms with Crippen molar-refractivity contribution < 1.29 is 0 Å². The Hall–Kier alpha value is -1.76. The fourth-order valence-corrected chi connectivity index (χ4v) is 2.12. The van der Waals surface area contributed by atoms with Gasteiger partial charge in [0.2, 0.25) is 0 Å². The largest absolute Gasteiger partial charge is 0.380 e. The van der Waals surface area contributed by atoms with Crippen molar-refractivity contribution in [1.82, 2.24) is 4.90 Å². The molecule has 1 nitrogen and oxygen atoms in total. The van der Waals surface area contributed by atoms with Gasteiger partial charge in [0.05, 0.1) is 0 Å². The van der Waals surface area contributed by atoms with Crippen molar-refractivity contribution >= 4 is 5.57 Å². The van der Waals surface area contributed by atoms with Gasteiger partial charge in [-0.15, -0.1) is 0 Å². The summed E-state index contributed by atoms with van der Waals surface area (Å²) in [5.41, 5.74) is 5.29. The van der Waals surface area contributed by atoms with Gasteiger partial charge in [0.15, 0.2) is 0 Å². The molecule has 0 aliphatic heterocycles. The second-order valence-electron chi connectivity index (χ2n) is 4.62. The van der Waals surface area contributed by atoms with E-state index in [1.54, 1.807) is 0 Å². The van der Waals surface area contributed by atoms with Gasteiger partial charge in [0.25, 0.3) is 0 Å². The molecule has 88 valence electrons. The van der Waals surface area contributed by atoms with Crippen LogP contribution in [-0.4, -0.2) is 19.0 Å². The van der Waals surface area contributed by atoms with Crippen LogP contribution in [0.15, 0.2) is 59.8 Å². The maximum Gasteiger partial charge on any atom is 0.0245 e. The zero-order valence-electron chi connectivity index (χ0n) is 10.8. The first-order valence-electron chi connectivity index (χ1n) is 5.99. The van der Waals surface area contributed by atoms with Gasteiger partial charge >= 0.3 is 0 Å². The Kier molecular flexibility index (Phi) is 3.48. The van der Waals surface area contributed by atoms with Crippen LogP contribution in [0.4, 0.5) is 0 Å². The van der Waals surface area contributed by atoms with Gasteiger partial charge in [-0.1, -0.05) is 48.1 Å². The molecule has 1 heteroatoms. The maximum absolute atomic E-state index is 2.27. The molecule has 17 heavy (non-hydrogen) atoms. The molecule has 0 saturated heterocycles. The van der Waals surface area contributed by atoms with Crippen molar-refractivity contribution in [3.05, 3.63) is 65.4 Å². The third kappa shape index (κ3) is 2.68. The zero-order chi connectivity index (χ0) is 12.3. The van der Waals surface area contributed by atoms with Gasteiger partial charge in [-0.05, 0) is 18.6 Å². The summed E-state index contributed by atoms with van der Waals surface area (Å²) < 4.78 is 0. The highest BCUT2D eigenvalue weighted by molar-refractivity contribution is 5.78. The molecular weight excluding hydrogens is 206 g/mol. The lowest BCUT2D eigenvalue weighted by Crippen LogP contribution is -2.12. The number of hydrogen-bond acceptors (Lipinski definition) is 1. The Labute approximate surface area is 104 Å². The van der Waals surface area contributed by atoms with Crippen LogP contribution in [0.2, 0.25) is 0 Å². The van der Waals surface area contributed by atoms with Crippen LogP contribution >= 0.6 is 0 Å². The molecule has 0 N–H and O–H groups in total. The molecule has 1 aromatic carbocycles. The third-order valence-electron chi connectivity index (χ3n) is 3.00. The van der Waals surface area contributed by atoms with Gasteiger partial charge < -0.3 is 4.90 Å². The molecule has 1 aromatic rings. The monoisotopic (exact) mass is 225 g/mol. The van der Waals surface area contributed by atoms with E-state index in [0.717, 1.165) is 6.42 Å². The van der Waals surface area contributed by atoms with E-state index in [9.17, 15) is 0 Å². The van der Waals surface area contributed by atoms with Crippen LogP contribution < -0.4 is 0 Å². The molecule has 0 amide bonds. The van der Waals surface area contributed by atoms with Crippen LogP contribution in [0.1, 0.15) is 18.9 Å². The average Bonchev–Trinajstić information content (AvgIpc) is 2.52. The predicted molar refractivity (Wildman–Crippen MR) is 74.6 cm³/mol. The minimum absolute atomic E-state index is 0.991. The lowest BCUT2D eigenvalue weighted by atomic mass is 10.0. The highest BCUT2D eigenvalue weighted by atomic mass is 15.1. The van der Waals surface area contributed by atoms with E-state index in [0.29, 0.717) is 0 Å². The first kappa shape index (κ1) is 11.7. The highest BCUT2D eigenvalue weighted by Crippen LogP contribution is 2.27. The Morgan fingerprint density at radius 3 is 2.41 bits per heavy atom. The van der Waals surface area contributed by atoms with Crippen molar-refractivity contribution in [1.29, 1.82) is 0 Å². The molecule has 1 aliphatic carbocycles. The Morgan fingerprint density at radius 2 is 1.76 bits per heavy atom. The molecule has 1 aliphatic rings. The van der Waals surface area contributed by atoms with Gasteiger partial charge in [-0.3, -0.25) is 0 Å². The summed E-state index contributed by atoms with van der Waals surface area (Å²) in [5.74, 6) is 0. The zero-order valence-corrected chi connectivity index (χ0v) is 10.8. The highest BCUT2D eigenvalue weighted by Gasteiger charge is 2.10. The summed E-state index contributed by atoms with van der Waals surface area (Å²) in [6.45, 7) is 2.15. The van der Waals surface area contributed by atoms with Crippen LogP contribution in [0.5, 0.6) is 0 Å². The molecule has 0 spiro atoms. The van der Waals surface area contributed by atoms with Gasteiger partial charge in [0.1, 0.15) is 0 Å². The quantitative estimate of drug-likeness (QED) is 0.738. The Bertz CT molecular complexity index is 476. The van der Waals surface area contributed by atoms with Gasteiger partial charge in [-0.2, -0.15) is 0 Å². The van der Waals surface area contributed by atoms with Crippen LogP contribution in [0.25, 0.3) is 5.57 Å². The van der Waals surface area contributed by atoms with Crippen molar-refractivity contribution in [3.8, 4) is 0 Å². The fraction of sp³-hybridized carbons (Fsp3) is 0.250. The van der Waals surface area contributed by atoms with E-state index >= 15 is 0 Å². The van der Waals surface area contributed by atoms with E-state index in [-0.39, 0.29) is 0 Å². The van der Waals surface area contributed by atoms with Gasteiger partial charge in [-0.25, -0.2) is 0 Å². The third-order valence-corrected chi connectivity index (χ3v) is 3.00. The van der Waals surface area contributed by atoms with E-state index in [4.69, 9.17) is 0 Å². The second kappa shape index (κ2) is 5.05. The minimum atomic E-state index is 0.991. The van der Waals surface area contributed by atoms with E-state index in [1.807, 2.05) is 0 Å². The smallest absolute Gasteiger partial charge is 0.0245 e. The van der Waals surface area contributed by atoms with Crippen LogP contribution in [0.3, 0.4) is 0 Å². The molecule has 0 heterocycles. The van der Waals surface area contributed by atoms with Crippen molar-refractivity contribution in [3.63, 3.8) is 0 Å².